The Kier molecular flexibility index (Phi) is 9.20. The maximum Gasteiger partial charge on any atom is 0.338 e. The molecule has 0 spiro atoms. The third-order valence-electron chi connectivity index (χ3n) is 9.58. The molecule has 1 aromatic rings. The molecule has 4 atom stereocenters. The molecule has 7 nitrogen and oxygen atoms in total. The van der Waals surface area contributed by atoms with Crippen LogP contribution in [-0.4, -0.2) is 82.5 Å². The maximum absolute atomic E-state index is 13.6. The summed E-state index contributed by atoms with van der Waals surface area (Å²) < 4.78 is 22.8. The van der Waals surface area contributed by atoms with Crippen LogP contribution in [0.4, 0.5) is 0 Å². The highest BCUT2D eigenvalue weighted by Gasteiger charge is 2.67. The van der Waals surface area contributed by atoms with E-state index in [0.29, 0.717) is 34.6 Å². The van der Waals surface area contributed by atoms with Crippen LogP contribution in [0.5, 0.6) is 17.2 Å². The summed E-state index contributed by atoms with van der Waals surface area (Å²) in [5.41, 5.74) is 0.467. The summed E-state index contributed by atoms with van der Waals surface area (Å²) in [7, 11) is 4.67. The van der Waals surface area contributed by atoms with Crippen molar-refractivity contribution in [3.63, 3.8) is 0 Å². The predicted molar refractivity (Wildman–Crippen MR) is 143 cm³/mol. The maximum atomic E-state index is 13.6. The lowest BCUT2D eigenvalue weighted by Crippen LogP contribution is -2.46. The van der Waals surface area contributed by atoms with Gasteiger partial charge in [0.2, 0.25) is 5.75 Å². The molecule has 1 aromatic carbocycles. The molecule has 0 heterocycles. The van der Waals surface area contributed by atoms with Gasteiger partial charge in [0.05, 0.1) is 26.9 Å². The number of esters is 1. The second kappa shape index (κ2) is 11.6. The summed E-state index contributed by atoms with van der Waals surface area (Å²) in [6.07, 6.45) is 2.14. The minimum atomic E-state index is -0.333. The van der Waals surface area contributed by atoms with Crippen LogP contribution in [0.2, 0.25) is 0 Å². The van der Waals surface area contributed by atoms with E-state index >= 15 is 0 Å². The molecule has 2 bridgehead atoms. The van der Waals surface area contributed by atoms with E-state index in [9.17, 15) is 4.79 Å². The Balaban J connectivity index is 1.86. The molecular formula is C29H48N2O5. The van der Waals surface area contributed by atoms with E-state index in [0.717, 1.165) is 45.7 Å². The Labute approximate surface area is 218 Å². The second-order valence-corrected chi connectivity index (χ2v) is 11.1. The Morgan fingerprint density at radius 3 is 1.97 bits per heavy atom. The van der Waals surface area contributed by atoms with Crippen molar-refractivity contribution in [1.29, 1.82) is 0 Å². The van der Waals surface area contributed by atoms with Crippen LogP contribution < -0.4 is 14.2 Å². The molecule has 0 aromatic heterocycles. The number of hydrogen-bond acceptors (Lipinski definition) is 7. The summed E-state index contributed by atoms with van der Waals surface area (Å²) in [6.45, 7) is 19.9. The first-order valence-electron chi connectivity index (χ1n) is 13.6. The number of benzene rings is 1. The van der Waals surface area contributed by atoms with E-state index in [1.807, 2.05) is 0 Å². The fraction of sp³-hybridized carbons (Fsp3) is 0.759. The number of likely N-dealkylation sites (N-methyl/N-ethyl adjacent to an activating group) is 2. The zero-order valence-corrected chi connectivity index (χ0v) is 24.0. The van der Waals surface area contributed by atoms with Crippen molar-refractivity contribution in [3.05, 3.63) is 17.7 Å². The molecule has 0 radical (unpaired) electrons. The van der Waals surface area contributed by atoms with E-state index in [4.69, 9.17) is 18.9 Å². The van der Waals surface area contributed by atoms with Crippen molar-refractivity contribution in [2.45, 2.75) is 60.5 Å². The van der Waals surface area contributed by atoms with Gasteiger partial charge in [-0.1, -0.05) is 41.5 Å². The van der Waals surface area contributed by atoms with Gasteiger partial charge in [-0.05, 0) is 55.9 Å². The third-order valence-corrected chi connectivity index (χ3v) is 9.58. The monoisotopic (exact) mass is 504 g/mol. The lowest BCUT2D eigenvalue weighted by atomic mass is 9.70. The molecule has 0 saturated heterocycles. The minimum absolute atomic E-state index is 0.0586. The molecule has 3 rings (SSSR count). The number of hydrogen-bond donors (Lipinski definition) is 0. The first-order valence-corrected chi connectivity index (χ1v) is 13.6. The smallest absolute Gasteiger partial charge is 0.338 e. The van der Waals surface area contributed by atoms with Crippen molar-refractivity contribution in [2.24, 2.45) is 22.7 Å². The minimum Gasteiger partial charge on any atom is -0.493 e. The number of carbonyl (C=O) groups excluding carboxylic acids is 1. The summed E-state index contributed by atoms with van der Waals surface area (Å²) in [6, 6.07) is 3.36. The average Bonchev–Trinajstić information content (AvgIpc) is 3.20. The Morgan fingerprint density at radius 1 is 0.917 bits per heavy atom. The van der Waals surface area contributed by atoms with Crippen molar-refractivity contribution in [3.8, 4) is 17.2 Å². The number of carbonyl (C=O) groups is 1. The predicted octanol–water partition coefficient (Wildman–Crippen LogP) is 4.97. The van der Waals surface area contributed by atoms with Crippen LogP contribution in [0.3, 0.4) is 0 Å². The molecule has 2 fully saturated rings. The Bertz CT molecular complexity index is 875. The van der Waals surface area contributed by atoms with Crippen LogP contribution >= 0.6 is 0 Å². The highest BCUT2D eigenvalue weighted by atomic mass is 16.5. The summed E-state index contributed by atoms with van der Waals surface area (Å²) in [5, 5.41) is 0. The molecule has 2 aliphatic carbocycles. The number of nitrogens with zero attached hydrogens (tertiary/aromatic N) is 2. The number of fused-ring (bicyclic) bond motifs is 2. The van der Waals surface area contributed by atoms with E-state index < -0.39 is 0 Å². The summed E-state index contributed by atoms with van der Waals surface area (Å²) >= 11 is 0. The van der Waals surface area contributed by atoms with Crippen LogP contribution in [0, 0.1) is 22.7 Å². The molecule has 204 valence electrons. The quantitative estimate of drug-likeness (QED) is 0.351. The van der Waals surface area contributed by atoms with Crippen LogP contribution in [0.25, 0.3) is 0 Å². The van der Waals surface area contributed by atoms with E-state index in [1.165, 1.54) is 6.42 Å². The number of rotatable bonds is 13. The zero-order chi connectivity index (χ0) is 26.7. The van der Waals surface area contributed by atoms with E-state index in [2.05, 4.69) is 51.3 Å². The summed E-state index contributed by atoms with van der Waals surface area (Å²) in [4.78, 5) is 18.6. The third kappa shape index (κ3) is 5.06. The van der Waals surface area contributed by atoms with E-state index in [1.54, 1.807) is 33.5 Å². The molecule has 0 N–H and O–H groups in total. The zero-order valence-electron chi connectivity index (χ0n) is 24.0. The normalized spacial score (nSPS) is 26.5. The van der Waals surface area contributed by atoms with Gasteiger partial charge >= 0.3 is 5.97 Å². The van der Waals surface area contributed by atoms with Gasteiger partial charge in [-0.15, -0.1) is 0 Å². The largest absolute Gasteiger partial charge is 0.493 e. The topological polar surface area (TPSA) is 60.5 Å². The van der Waals surface area contributed by atoms with Gasteiger partial charge in [0, 0.05) is 31.0 Å². The first kappa shape index (κ1) is 28.6. The molecule has 2 saturated carbocycles. The van der Waals surface area contributed by atoms with Gasteiger partial charge < -0.3 is 28.7 Å². The SMILES string of the molecule is CCN(CC)CCN(CC)CC1C2CCC(C)(C1OC(=O)c1cc(OC)c(OC)c(OC)c1)C2(C)C. The highest BCUT2D eigenvalue weighted by molar-refractivity contribution is 5.91. The van der Waals surface area contributed by atoms with Crippen molar-refractivity contribution in [2.75, 3.05) is 60.6 Å². The Morgan fingerprint density at radius 2 is 1.47 bits per heavy atom. The highest BCUT2D eigenvalue weighted by Crippen LogP contribution is 2.68. The van der Waals surface area contributed by atoms with Gasteiger partial charge in [-0.2, -0.15) is 0 Å². The average molecular weight is 505 g/mol. The van der Waals surface area contributed by atoms with Gasteiger partial charge in [0.1, 0.15) is 6.10 Å². The molecule has 2 aliphatic rings. The standard InChI is InChI=1S/C29H48N2O5/c1-10-30(11-2)15-16-31(12-3)19-21-22-13-14-29(6,28(22,4)5)26(21)36-27(32)20-17-23(33-7)25(35-9)24(18-20)34-8/h17-18,21-22,26H,10-16,19H2,1-9H3. The molecule has 0 amide bonds. The Hall–Kier alpha value is -1.99. The summed E-state index contributed by atoms with van der Waals surface area (Å²) in [5.74, 6) is 1.88. The van der Waals surface area contributed by atoms with Crippen molar-refractivity contribution >= 4 is 5.97 Å². The van der Waals surface area contributed by atoms with Crippen LogP contribution in [0.15, 0.2) is 12.1 Å². The van der Waals surface area contributed by atoms with Crippen LogP contribution in [-0.2, 0) is 4.74 Å². The van der Waals surface area contributed by atoms with Crippen LogP contribution in [0.1, 0.15) is 64.7 Å². The molecule has 0 aliphatic heterocycles. The second-order valence-electron chi connectivity index (χ2n) is 11.1. The van der Waals surface area contributed by atoms with Gasteiger partial charge in [0.15, 0.2) is 11.5 Å². The van der Waals surface area contributed by atoms with Crippen molar-refractivity contribution in [1.82, 2.24) is 9.80 Å². The fourth-order valence-corrected chi connectivity index (χ4v) is 6.83. The molecule has 7 heteroatoms. The van der Waals surface area contributed by atoms with Crippen molar-refractivity contribution < 1.29 is 23.7 Å². The lowest BCUT2D eigenvalue weighted by molar-refractivity contribution is -0.0461. The van der Waals surface area contributed by atoms with Gasteiger partial charge in [-0.3, -0.25) is 0 Å². The molecule has 36 heavy (non-hydrogen) atoms. The first-order chi connectivity index (χ1) is 17.1. The van der Waals surface area contributed by atoms with E-state index in [-0.39, 0.29) is 22.9 Å². The number of ether oxygens (including phenoxy) is 4. The van der Waals surface area contributed by atoms with Gasteiger partial charge in [-0.25, -0.2) is 4.79 Å². The fourth-order valence-electron chi connectivity index (χ4n) is 6.83. The lowest BCUT2D eigenvalue weighted by Gasteiger charge is -2.40. The van der Waals surface area contributed by atoms with Gasteiger partial charge in [0.25, 0.3) is 0 Å². The molecule has 4 unspecified atom stereocenters. The number of methoxy groups -OCH3 is 3. The molecular weight excluding hydrogens is 456 g/mol.